The lowest BCUT2D eigenvalue weighted by Crippen LogP contribution is -2.13. The molecular weight excluding hydrogens is 348 g/mol. The van der Waals surface area contributed by atoms with Gasteiger partial charge in [0.05, 0.1) is 19.1 Å². The Bertz CT molecular complexity index is 942. The Hall–Kier alpha value is -2.94. The molecule has 1 amide bonds. The molecular formula is C16H16N2O6S. The molecule has 0 bridgehead atoms. The average Bonchev–Trinajstić information content (AvgIpc) is 2.96. The van der Waals surface area contributed by atoms with Crippen LogP contribution in [0.25, 0.3) is 0 Å². The number of fused-ring (bicyclic) bond motifs is 1. The maximum absolute atomic E-state index is 11.5. The van der Waals surface area contributed by atoms with Crippen LogP contribution in [0.3, 0.4) is 0 Å². The number of amides is 1. The summed E-state index contributed by atoms with van der Waals surface area (Å²) in [5, 5.41) is 0. The standard InChI is InChI=1S/C16H16N2O6S/c1-22-12-5-4-10(7-11(12)18-25(2,20)21)16-23-13-6-3-9(15(17)19)8-14(13)24-16/h3-8,16,18H,1-2H3,(H2,17,19). The lowest BCUT2D eigenvalue weighted by atomic mass is 10.2. The number of hydrogen-bond donors (Lipinski definition) is 2. The molecule has 0 fully saturated rings. The van der Waals surface area contributed by atoms with Crippen molar-refractivity contribution in [3.8, 4) is 17.2 Å². The zero-order valence-corrected chi connectivity index (χ0v) is 14.3. The van der Waals surface area contributed by atoms with E-state index in [0.29, 0.717) is 28.4 Å². The van der Waals surface area contributed by atoms with Crippen LogP contribution in [0.1, 0.15) is 22.2 Å². The van der Waals surface area contributed by atoms with Crippen molar-refractivity contribution < 1.29 is 27.4 Å². The van der Waals surface area contributed by atoms with Gasteiger partial charge in [0.2, 0.25) is 15.9 Å². The maximum Gasteiger partial charge on any atom is 0.268 e. The monoisotopic (exact) mass is 364 g/mol. The number of carbonyl (C=O) groups is 1. The summed E-state index contributed by atoms with van der Waals surface area (Å²) < 4.78 is 41.9. The molecule has 25 heavy (non-hydrogen) atoms. The summed E-state index contributed by atoms with van der Waals surface area (Å²) in [6.07, 6.45) is 0.257. The molecule has 1 aliphatic rings. The quantitative estimate of drug-likeness (QED) is 0.833. The van der Waals surface area contributed by atoms with E-state index < -0.39 is 22.2 Å². The van der Waals surface area contributed by atoms with Crippen molar-refractivity contribution in [3.63, 3.8) is 0 Å². The number of rotatable bonds is 5. The second-order valence-electron chi connectivity index (χ2n) is 5.43. The van der Waals surface area contributed by atoms with Crippen molar-refractivity contribution in [1.82, 2.24) is 0 Å². The lowest BCUT2D eigenvalue weighted by molar-refractivity contribution is 0.0487. The number of anilines is 1. The summed E-state index contributed by atoms with van der Waals surface area (Å²) in [7, 11) is -2.05. The summed E-state index contributed by atoms with van der Waals surface area (Å²) in [6, 6.07) is 9.49. The first-order chi connectivity index (χ1) is 11.8. The minimum atomic E-state index is -3.48. The molecule has 0 saturated carbocycles. The topological polar surface area (TPSA) is 117 Å². The second kappa shape index (κ2) is 6.17. The van der Waals surface area contributed by atoms with Crippen LogP contribution in [0.2, 0.25) is 0 Å². The predicted octanol–water partition coefficient (Wildman–Crippen LogP) is 1.64. The Kier molecular flexibility index (Phi) is 4.17. The van der Waals surface area contributed by atoms with Gasteiger partial charge in [0.15, 0.2) is 11.5 Å². The van der Waals surface area contributed by atoms with Gasteiger partial charge in [-0.25, -0.2) is 8.42 Å². The molecule has 3 N–H and O–H groups in total. The van der Waals surface area contributed by atoms with Crippen LogP contribution in [-0.4, -0.2) is 27.7 Å². The molecule has 1 unspecified atom stereocenters. The number of primary amides is 1. The van der Waals surface area contributed by atoms with Crippen LogP contribution in [-0.2, 0) is 10.0 Å². The highest BCUT2D eigenvalue weighted by molar-refractivity contribution is 7.92. The van der Waals surface area contributed by atoms with Gasteiger partial charge in [-0.3, -0.25) is 9.52 Å². The van der Waals surface area contributed by atoms with E-state index in [1.165, 1.54) is 19.2 Å². The Morgan fingerprint density at radius 3 is 2.52 bits per heavy atom. The Morgan fingerprint density at radius 1 is 1.16 bits per heavy atom. The Labute approximate surface area is 144 Å². The molecule has 0 saturated heterocycles. The molecule has 0 aromatic heterocycles. The summed E-state index contributed by atoms with van der Waals surface area (Å²) in [6.45, 7) is 0. The van der Waals surface area contributed by atoms with Crippen LogP contribution >= 0.6 is 0 Å². The number of methoxy groups -OCH3 is 1. The molecule has 2 aromatic rings. The molecule has 3 rings (SSSR count). The first-order valence-corrected chi connectivity index (χ1v) is 9.09. The van der Waals surface area contributed by atoms with E-state index in [-0.39, 0.29) is 5.69 Å². The highest BCUT2D eigenvalue weighted by Crippen LogP contribution is 2.42. The first-order valence-electron chi connectivity index (χ1n) is 7.20. The highest BCUT2D eigenvalue weighted by atomic mass is 32.2. The molecule has 1 aliphatic heterocycles. The summed E-state index contributed by atoms with van der Waals surface area (Å²) in [4.78, 5) is 11.2. The first kappa shape index (κ1) is 16.9. The van der Waals surface area contributed by atoms with E-state index in [4.69, 9.17) is 19.9 Å². The number of nitrogens with one attached hydrogen (secondary N) is 1. The third-order valence-electron chi connectivity index (χ3n) is 3.49. The smallest absolute Gasteiger partial charge is 0.268 e. The fraction of sp³-hybridized carbons (Fsp3) is 0.188. The van der Waals surface area contributed by atoms with Gasteiger partial charge < -0.3 is 19.9 Å². The third kappa shape index (κ3) is 3.61. The van der Waals surface area contributed by atoms with Crippen LogP contribution in [0, 0.1) is 0 Å². The van der Waals surface area contributed by atoms with Gasteiger partial charge in [-0.05, 0) is 36.4 Å². The number of benzene rings is 2. The normalized spacial score (nSPS) is 15.7. The van der Waals surface area contributed by atoms with Crippen molar-refractivity contribution in [2.45, 2.75) is 6.29 Å². The molecule has 9 heteroatoms. The van der Waals surface area contributed by atoms with E-state index in [2.05, 4.69) is 4.72 Å². The van der Waals surface area contributed by atoms with Gasteiger partial charge in [-0.15, -0.1) is 0 Å². The Balaban J connectivity index is 1.90. The van der Waals surface area contributed by atoms with Gasteiger partial charge in [0.25, 0.3) is 6.29 Å². The predicted molar refractivity (Wildman–Crippen MR) is 90.4 cm³/mol. The fourth-order valence-electron chi connectivity index (χ4n) is 2.39. The number of carbonyl (C=O) groups excluding carboxylic acids is 1. The van der Waals surface area contributed by atoms with Gasteiger partial charge in [0, 0.05) is 11.1 Å². The van der Waals surface area contributed by atoms with E-state index in [9.17, 15) is 13.2 Å². The minimum absolute atomic E-state index is 0.267. The van der Waals surface area contributed by atoms with Crippen molar-refractivity contribution in [3.05, 3.63) is 47.5 Å². The number of ether oxygens (including phenoxy) is 3. The molecule has 132 valence electrons. The third-order valence-corrected chi connectivity index (χ3v) is 4.08. The zero-order valence-electron chi connectivity index (χ0n) is 13.5. The summed E-state index contributed by atoms with van der Waals surface area (Å²) >= 11 is 0. The maximum atomic E-state index is 11.5. The zero-order chi connectivity index (χ0) is 18.2. The molecule has 0 aliphatic carbocycles. The van der Waals surface area contributed by atoms with Crippen molar-refractivity contribution in [2.75, 3.05) is 18.1 Å². The lowest BCUT2D eigenvalue weighted by Gasteiger charge is -2.15. The minimum Gasteiger partial charge on any atom is -0.495 e. The van der Waals surface area contributed by atoms with Gasteiger partial charge in [-0.1, -0.05) is 0 Å². The second-order valence-corrected chi connectivity index (χ2v) is 7.18. The Morgan fingerprint density at radius 2 is 1.88 bits per heavy atom. The highest BCUT2D eigenvalue weighted by Gasteiger charge is 2.27. The van der Waals surface area contributed by atoms with Crippen LogP contribution in [0.4, 0.5) is 5.69 Å². The average molecular weight is 364 g/mol. The fourth-order valence-corrected chi connectivity index (χ4v) is 2.95. The number of sulfonamides is 1. The van der Waals surface area contributed by atoms with E-state index in [1.54, 1.807) is 24.3 Å². The van der Waals surface area contributed by atoms with E-state index in [1.807, 2.05) is 0 Å². The number of nitrogens with two attached hydrogens (primary N) is 1. The molecule has 0 spiro atoms. The van der Waals surface area contributed by atoms with Gasteiger partial charge in [0.1, 0.15) is 5.75 Å². The molecule has 1 atom stereocenters. The molecule has 8 nitrogen and oxygen atoms in total. The van der Waals surface area contributed by atoms with Crippen LogP contribution in [0.5, 0.6) is 17.2 Å². The van der Waals surface area contributed by atoms with Gasteiger partial charge in [-0.2, -0.15) is 0 Å². The van der Waals surface area contributed by atoms with Gasteiger partial charge >= 0.3 is 0 Å². The molecule has 1 heterocycles. The molecule has 2 aromatic carbocycles. The SMILES string of the molecule is COc1ccc(C2Oc3ccc(C(N)=O)cc3O2)cc1NS(C)(=O)=O. The summed E-state index contributed by atoms with van der Waals surface area (Å²) in [5.41, 5.74) is 6.39. The number of hydrogen-bond acceptors (Lipinski definition) is 6. The summed E-state index contributed by atoms with van der Waals surface area (Å²) in [5.74, 6) is 0.637. The van der Waals surface area contributed by atoms with E-state index in [0.717, 1.165) is 6.26 Å². The van der Waals surface area contributed by atoms with Crippen molar-refractivity contribution in [1.29, 1.82) is 0 Å². The molecule has 0 radical (unpaired) electrons. The van der Waals surface area contributed by atoms with E-state index >= 15 is 0 Å². The van der Waals surface area contributed by atoms with Crippen LogP contribution in [0.15, 0.2) is 36.4 Å². The van der Waals surface area contributed by atoms with Crippen LogP contribution < -0.4 is 24.7 Å². The van der Waals surface area contributed by atoms with Crippen molar-refractivity contribution in [2.24, 2.45) is 5.73 Å². The largest absolute Gasteiger partial charge is 0.495 e. The van der Waals surface area contributed by atoms with Crippen molar-refractivity contribution >= 4 is 21.6 Å².